The first kappa shape index (κ1) is 17.2. The summed E-state index contributed by atoms with van der Waals surface area (Å²) in [5.41, 5.74) is 0.202. The van der Waals surface area contributed by atoms with Crippen LogP contribution >= 0.6 is 0 Å². The van der Waals surface area contributed by atoms with Crippen molar-refractivity contribution >= 4 is 15.9 Å². The number of benzene rings is 1. The molecule has 0 radical (unpaired) electrons. The number of aromatic nitrogens is 2. The summed E-state index contributed by atoms with van der Waals surface area (Å²) >= 11 is 0. The van der Waals surface area contributed by atoms with Crippen molar-refractivity contribution in [3.63, 3.8) is 0 Å². The van der Waals surface area contributed by atoms with Crippen LogP contribution in [0.2, 0.25) is 0 Å². The predicted octanol–water partition coefficient (Wildman–Crippen LogP) is 0.836. The van der Waals surface area contributed by atoms with Crippen LogP contribution in [0.1, 0.15) is 17.8 Å². The Balaban J connectivity index is 1.44. The maximum atomic E-state index is 12.7. The number of nitrogens with zero attached hydrogens (tertiary/aromatic N) is 4. The highest BCUT2D eigenvalue weighted by atomic mass is 32.2. The number of aryl methyl sites for hydroxylation is 2. The van der Waals surface area contributed by atoms with Gasteiger partial charge in [0.1, 0.15) is 11.4 Å². The summed E-state index contributed by atoms with van der Waals surface area (Å²) in [7, 11) is -1.92. The quantitative estimate of drug-likeness (QED) is 0.789. The van der Waals surface area contributed by atoms with Gasteiger partial charge in [-0.15, -0.1) is 0 Å². The van der Waals surface area contributed by atoms with E-state index in [1.165, 1.54) is 15.6 Å². The molecule has 0 bridgehead atoms. The van der Waals surface area contributed by atoms with Crippen molar-refractivity contribution < 1.29 is 18.0 Å². The molecule has 2 aliphatic heterocycles. The zero-order valence-electron chi connectivity index (χ0n) is 14.6. The Kier molecular flexibility index (Phi) is 3.90. The van der Waals surface area contributed by atoms with Gasteiger partial charge in [0.05, 0.1) is 13.0 Å². The number of amides is 1. The maximum absolute atomic E-state index is 12.7. The van der Waals surface area contributed by atoms with Crippen molar-refractivity contribution in [1.29, 1.82) is 0 Å². The Labute approximate surface area is 152 Å². The van der Waals surface area contributed by atoms with E-state index in [0.717, 1.165) is 5.56 Å². The molecule has 0 unspecified atom stereocenters. The molecule has 4 rings (SSSR count). The second-order valence-electron chi connectivity index (χ2n) is 6.88. The standard InChI is InChI=1S/C17H20N4O4S/c1-13-18-15(10-19(13)2)26(23,24)20-11-17(12-20)8-16(22)21(25-17)9-14-6-4-3-5-7-14/h3-7,10H,8-9,11-12H2,1-2H3. The average molecular weight is 376 g/mol. The highest BCUT2D eigenvalue weighted by Gasteiger charge is 2.57. The number of hydrogen-bond donors (Lipinski definition) is 0. The van der Waals surface area contributed by atoms with Crippen LogP contribution in [0, 0.1) is 6.92 Å². The summed E-state index contributed by atoms with van der Waals surface area (Å²) in [6, 6.07) is 9.55. The predicted molar refractivity (Wildman–Crippen MR) is 92.1 cm³/mol. The molecule has 138 valence electrons. The van der Waals surface area contributed by atoms with Gasteiger partial charge >= 0.3 is 0 Å². The molecule has 2 aliphatic rings. The molecule has 8 nitrogen and oxygen atoms in total. The van der Waals surface area contributed by atoms with Crippen molar-refractivity contribution in [1.82, 2.24) is 18.9 Å². The first-order valence-electron chi connectivity index (χ1n) is 8.33. The first-order chi connectivity index (χ1) is 12.3. The lowest BCUT2D eigenvalue weighted by Crippen LogP contribution is -2.63. The van der Waals surface area contributed by atoms with Gasteiger partial charge in [-0.3, -0.25) is 9.63 Å². The van der Waals surface area contributed by atoms with Crippen LogP contribution in [0.4, 0.5) is 0 Å². The Morgan fingerprint density at radius 3 is 2.54 bits per heavy atom. The molecule has 0 atom stereocenters. The van der Waals surface area contributed by atoms with Gasteiger partial charge in [-0.1, -0.05) is 30.3 Å². The van der Waals surface area contributed by atoms with Gasteiger partial charge in [0.2, 0.25) is 5.91 Å². The Morgan fingerprint density at radius 2 is 1.92 bits per heavy atom. The van der Waals surface area contributed by atoms with Crippen molar-refractivity contribution in [3.05, 3.63) is 47.9 Å². The van der Waals surface area contributed by atoms with Crippen molar-refractivity contribution in [2.45, 2.75) is 30.5 Å². The second-order valence-corrected chi connectivity index (χ2v) is 8.76. The molecule has 1 aromatic heterocycles. The third kappa shape index (κ3) is 2.81. The molecule has 9 heteroatoms. The monoisotopic (exact) mass is 376 g/mol. The van der Waals surface area contributed by atoms with E-state index < -0.39 is 15.6 Å². The van der Waals surface area contributed by atoms with E-state index in [2.05, 4.69) is 4.98 Å². The van der Waals surface area contributed by atoms with Gasteiger partial charge in [0.15, 0.2) is 5.03 Å². The van der Waals surface area contributed by atoms with E-state index in [1.807, 2.05) is 30.3 Å². The summed E-state index contributed by atoms with van der Waals surface area (Å²) in [5.74, 6) is 0.500. The largest absolute Gasteiger partial charge is 0.337 e. The van der Waals surface area contributed by atoms with E-state index in [4.69, 9.17) is 4.84 Å². The van der Waals surface area contributed by atoms with E-state index in [9.17, 15) is 13.2 Å². The minimum atomic E-state index is -3.67. The van der Waals surface area contributed by atoms with Gasteiger partial charge < -0.3 is 4.57 Å². The normalized spacial score (nSPS) is 19.9. The van der Waals surface area contributed by atoms with Crippen LogP contribution in [0.3, 0.4) is 0 Å². The molecule has 1 spiro atoms. The first-order valence-corrected chi connectivity index (χ1v) is 9.77. The minimum absolute atomic E-state index is 0.0258. The van der Waals surface area contributed by atoms with E-state index in [-0.39, 0.29) is 30.4 Å². The Bertz CT molecular complexity index is 929. The van der Waals surface area contributed by atoms with Gasteiger partial charge in [0, 0.05) is 26.3 Å². The molecule has 0 saturated carbocycles. The van der Waals surface area contributed by atoms with Crippen LogP contribution in [-0.4, -0.2) is 51.9 Å². The topological polar surface area (TPSA) is 84.7 Å². The summed E-state index contributed by atoms with van der Waals surface area (Å²) in [6.07, 6.45) is 1.69. The van der Waals surface area contributed by atoms with Crippen LogP contribution in [0.25, 0.3) is 0 Å². The number of rotatable bonds is 4. The highest BCUT2D eigenvalue weighted by Crippen LogP contribution is 2.39. The lowest BCUT2D eigenvalue weighted by molar-refractivity contribution is -0.228. The summed E-state index contributed by atoms with van der Waals surface area (Å²) in [4.78, 5) is 22.2. The molecule has 0 aliphatic carbocycles. The number of hydroxylamine groups is 2. The number of carbonyl (C=O) groups excluding carboxylic acids is 1. The van der Waals surface area contributed by atoms with E-state index in [0.29, 0.717) is 12.4 Å². The fourth-order valence-corrected chi connectivity index (χ4v) is 4.88. The minimum Gasteiger partial charge on any atom is -0.337 e. The molecule has 2 saturated heterocycles. The molecule has 2 fully saturated rings. The zero-order valence-corrected chi connectivity index (χ0v) is 15.4. The lowest BCUT2D eigenvalue weighted by Gasteiger charge is -2.44. The molecule has 3 heterocycles. The molecule has 1 aromatic carbocycles. The van der Waals surface area contributed by atoms with Crippen molar-refractivity contribution in [3.8, 4) is 0 Å². The number of carbonyl (C=O) groups is 1. The van der Waals surface area contributed by atoms with Gasteiger partial charge in [-0.25, -0.2) is 18.5 Å². The highest BCUT2D eigenvalue weighted by molar-refractivity contribution is 7.89. The summed E-state index contributed by atoms with van der Waals surface area (Å²) in [5, 5.41) is 1.36. The molecule has 1 amide bonds. The maximum Gasteiger partial charge on any atom is 0.262 e. The lowest BCUT2D eigenvalue weighted by atomic mass is 9.94. The molecular formula is C17H20N4O4S. The molecule has 26 heavy (non-hydrogen) atoms. The third-order valence-corrected chi connectivity index (χ3v) is 6.51. The van der Waals surface area contributed by atoms with Gasteiger partial charge in [0.25, 0.3) is 10.0 Å². The Hall–Kier alpha value is -2.23. The Morgan fingerprint density at radius 1 is 1.23 bits per heavy atom. The van der Waals surface area contributed by atoms with Crippen LogP contribution in [0.5, 0.6) is 0 Å². The molecule has 2 aromatic rings. The third-order valence-electron chi connectivity index (χ3n) is 4.84. The molecule has 0 N–H and O–H groups in total. The SMILES string of the molecule is Cc1nc(S(=O)(=O)N2CC3(CC(=O)N(Cc4ccccc4)O3)C2)cn1C. The fourth-order valence-electron chi connectivity index (χ4n) is 3.27. The molecular weight excluding hydrogens is 356 g/mol. The number of imidazole rings is 1. The summed E-state index contributed by atoms with van der Waals surface area (Å²) < 4.78 is 28.3. The smallest absolute Gasteiger partial charge is 0.262 e. The van der Waals surface area contributed by atoms with E-state index >= 15 is 0 Å². The average Bonchev–Trinajstić information content (AvgIpc) is 3.08. The fraction of sp³-hybridized carbons (Fsp3) is 0.412. The van der Waals surface area contributed by atoms with Crippen LogP contribution < -0.4 is 0 Å². The summed E-state index contributed by atoms with van der Waals surface area (Å²) in [6.45, 7) is 2.41. The van der Waals surface area contributed by atoms with E-state index in [1.54, 1.807) is 18.5 Å². The van der Waals surface area contributed by atoms with Gasteiger partial charge in [-0.05, 0) is 12.5 Å². The number of hydrogen-bond acceptors (Lipinski definition) is 5. The number of sulfonamides is 1. The van der Waals surface area contributed by atoms with Gasteiger partial charge in [-0.2, -0.15) is 4.31 Å². The van der Waals surface area contributed by atoms with Crippen LogP contribution in [0.15, 0.2) is 41.6 Å². The van der Waals surface area contributed by atoms with Crippen LogP contribution in [-0.2, 0) is 33.2 Å². The zero-order chi connectivity index (χ0) is 18.5. The van der Waals surface area contributed by atoms with Crippen molar-refractivity contribution in [2.24, 2.45) is 7.05 Å². The second kappa shape index (κ2) is 5.90. The van der Waals surface area contributed by atoms with Crippen molar-refractivity contribution in [2.75, 3.05) is 13.1 Å².